The van der Waals surface area contributed by atoms with Crippen molar-refractivity contribution in [2.45, 2.75) is 31.5 Å². The molecule has 0 aromatic carbocycles. The number of fused-ring (bicyclic) bond motifs is 1. The lowest BCUT2D eigenvalue weighted by molar-refractivity contribution is -0.0794. The van der Waals surface area contributed by atoms with Gasteiger partial charge in [-0.25, -0.2) is 13.8 Å². The highest BCUT2D eigenvalue weighted by molar-refractivity contribution is 5.75. The lowest BCUT2D eigenvalue weighted by Crippen LogP contribution is -2.44. The van der Waals surface area contributed by atoms with Gasteiger partial charge in [-0.15, -0.1) is 0 Å². The fourth-order valence-corrected chi connectivity index (χ4v) is 2.40. The van der Waals surface area contributed by atoms with E-state index in [4.69, 9.17) is 0 Å². The fraction of sp³-hybridized carbons (Fsp3) is 0.462. The van der Waals surface area contributed by atoms with Gasteiger partial charge in [0.2, 0.25) is 5.95 Å². The Bertz CT molecular complexity index is 722. The predicted octanol–water partition coefficient (Wildman–Crippen LogP) is 1.18. The number of nitrogens with zero attached hydrogens (tertiary/aromatic N) is 3. The molecule has 0 spiro atoms. The average molecular weight is 295 g/mol. The van der Waals surface area contributed by atoms with Crippen LogP contribution in [0.1, 0.15) is 12.8 Å². The topological polar surface area (TPSA) is 71.8 Å². The van der Waals surface area contributed by atoms with Crippen LogP contribution in [0.2, 0.25) is 0 Å². The van der Waals surface area contributed by atoms with Crippen LogP contribution in [0.15, 0.2) is 23.1 Å². The first kappa shape index (κ1) is 13.9. The maximum Gasteiger partial charge on any atom is 0.253 e. The largest absolute Gasteiger partial charge is 0.351 e. The van der Waals surface area contributed by atoms with Gasteiger partial charge in [0, 0.05) is 36.5 Å². The van der Waals surface area contributed by atoms with Crippen molar-refractivity contribution in [3.8, 4) is 0 Å². The molecule has 0 saturated heterocycles. The Morgan fingerprint density at radius 1 is 1.43 bits per heavy atom. The Hall–Kier alpha value is -2.09. The van der Waals surface area contributed by atoms with Gasteiger partial charge in [-0.1, -0.05) is 0 Å². The normalized spacial score (nSPS) is 17.7. The summed E-state index contributed by atoms with van der Waals surface area (Å²) in [5.74, 6) is -2.33. The van der Waals surface area contributed by atoms with E-state index in [0.717, 1.165) is 0 Å². The molecule has 1 aliphatic rings. The smallest absolute Gasteiger partial charge is 0.253 e. The van der Waals surface area contributed by atoms with Crippen LogP contribution in [0, 0.1) is 0 Å². The summed E-state index contributed by atoms with van der Waals surface area (Å²) in [6, 6.07) is 2.76. The molecule has 2 N–H and O–H groups in total. The van der Waals surface area contributed by atoms with Crippen molar-refractivity contribution in [3.63, 3.8) is 0 Å². The summed E-state index contributed by atoms with van der Waals surface area (Å²) in [7, 11) is 1.72. The summed E-state index contributed by atoms with van der Waals surface area (Å²) in [6.45, 7) is 0.314. The van der Waals surface area contributed by atoms with Crippen molar-refractivity contribution in [2.24, 2.45) is 0 Å². The molecule has 3 rings (SSSR count). The van der Waals surface area contributed by atoms with Crippen LogP contribution in [0.5, 0.6) is 0 Å². The number of rotatable bonds is 4. The van der Waals surface area contributed by atoms with Gasteiger partial charge in [0.15, 0.2) is 0 Å². The van der Waals surface area contributed by atoms with Gasteiger partial charge in [0.05, 0.1) is 6.67 Å². The third-order valence-corrected chi connectivity index (χ3v) is 3.46. The first-order valence-electron chi connectivity index (χ1n) is 6.64. The van der Waals surface area contributed by atoms with Gasteiger partial charge in [-0.2, -0.15) is 4.98 Å². The van der Waals surface area contributed by atoms with Gasteiger partial charge in [0.1, 0.15) is 5.65 Å². The minimum Gasteiger partial charge on any atom is -0.351 e. The molecule has 6 nitrogen and oxygen atoms in total. The Kier molecular flexibility index (Phi) is 3.32. The molecular weight excluding hydrogens is 280 g/mol. The number of anilines is 1. The van der Waals surface area contributed by atoms with Crippen LogP contribution in [0.3, 0.4) is 0 Å². The highest BCUT2D eigenvalue weighted by atomic mass is 19.3. The molecule has 21 heavy (non-hydrogen) atoms. The zero-order valence-electron chi connectivity index (χ0n) is 11.4. The summed E-state index contributed by atoms with van der Waals surface area (Å²) in [5.41, 5.74) is 0.289. The van der Waals surface area contributed by atoms with Crippen LogP contribution in [-0.4, -0.2) is 33.5 Å². The Labute approximate surface area is 119 Å². The maximum atomic E-state index is 12.8. The molecule has 0 bridgehead atoms. The summed E-state index contributed by atoms with van der Waals surface area (Å²) >= 11 is 0. The molecule has 0 atom stereocenters. The van der Waals surface area contributed by atoms with E-state index in [9.17, 15) is 13.6 Å². The summed E-state index contributed by atoms with van der Waals surface area (Å²) in [4.78, 5) is 20.2. The van der Waals surface area contributed by atoms with Gasteiger partial charge in [-0.05, 0) is 13.1 Å². The zero-order valence-corrected chi connectivity index (χ0v) is 11.4. The number of aromatic nitrogens is 3. The minimum atomic E-state index is -2.59. The predicted molar refractivity (Wildman–Crippen MR) is 74.4 cm³/mol. The van der Waals surface area contributed by atoms with E-state index in [1.54, 1.807) is 19.3 Å². The van der Waals surface area contributed by atoms with E-state index in [1.807, 2.05) is 0 Å². The number of alkyl halides is 2. The average Bonchev–Trinajstić information content (AvgIpc) is 2.40. The van der Waals surface area contributed by atoms with E-state index in [1.165, 1.54) is 10.6 Å². The molecule has 112 valence electrons. The number of nitrogens with one attached hydrogen (secondary N) is 2. The highest BCUT2D eigenvalue weighted by Gasteiger charge is 2.45. The molecular formula is C13H15F2N5O. The van der Waals surface area contributed by atoms with Gasteiger partial charge >= 0.3 is 0 Å². The highest BCUT2D eigenvalue weighted by Crippen LogP contribution is 2.38. The zero-order chi connectivity index (χ0) is 15.0. The van der Waals surface area contributed by atoms with Crippen LogP contribution in [-0.2, 0) is 6.67 Å². The van der Waals surface area contributed by atoms with Gasteiger partial charge in [0.25, 0.3) is 11.5 Å². The van der Waals surface area contributed by atoms with Crippen LogP contribution in [0.4, 0.5) is 14.7 Å². The van der Waals surface area contributed by atoms with Crippen LogP contribution < -0.4 is 16.2 Å². The van der Waals surface area contributed by atoms with Crippen molar-refractivity contribution >= 4 is 17.0 Å². The lowest BCUT2D eigenvalue weighted by Gasteiger charge is -2.35. The fourth-order valence-electron chi connectivity index (χ4n) is 2.40. The Morgan fingerprint density at radius 3 is 2.86 bits per heavy atom. The third-order valence-electron chi connectivity index (χ3n) is 3.46. The van der Waals surface area contributed by atoms with Crippen molar-refractivity contribution < 1.29 is 8.78 Å². The molecule has 0 radical (unpaired) electrons. The minimum absolute atomic E-state index is 0.184. The summed E-state index contributed by atoms with van der Waals surface area (Å²) in [6.07, 6.45) is 1.14. The molecule has 2 aromatic rings. The van der Waals surface area contributed by atoms with Gasteiger partial charge in [-0.3, -0.25) is 9.36 Å². The molecule has 1 saturated carbocycles. The van der Waals surface area contributed by atoms with Crippen LogP contribution >= 0.6 is 0 Å². The van der Waals surface area contributed by atoms with Crippen molar-refractivity contribution in [1.29, 1.82) is 0 Å². The van der Waals surface area contributed by atoms with Crippen molar-refractivity contribution in [3.05, 3.63) is 28.7 Å². The van der Waals surface area contributed by atoms with E-state index < -0.39 is 5.92 Å². The number of hydrogen-bond donors (Lipinski definition) is 2. The standard InChI is InChI=1S/C13H15F2N5O/c1-16-7-20-10(21)3-2-8-6-17-12(19-11(8)20)18-9-4-13(14,15)5-9/h2-3,6,9,16H,4-5,7H2,1H3,(H,17,18,19). The Balaban J connectivity index is 1.91. The summed E-state index contributed by atoms with van der Waals surface area (Å²) < 4.78 is 27.1. The first-order valence-corrected chi connectivity index (χ1v) is 6.64. The number of hydrogen-bond acceptors (Lipinski definition) is 5. The number of halogens is 2. The molecule has 2 heterocycles. The Morgan fingerprint density at radius 2 is 2.19 bits per heavy atom. The van der Waals surface area contributed by atoms with Crippen molar-refractivity contribution in [2.75, 3.05) is 12.4 Å². The second-order valence-electron chi connectivity index (χ2n) is 5.19. The second-order valence-corrected chi connectivity index (χ2v) is 5.19. The molecule has 0 amide bonds. The SMILES string of the molecule is CNCn1c(=O)ccc2cnc(NC3CC(F)(F)C3)nc21. The summed E-state index contributed by atoms with van der Waals surface area (Å²) in [5, 5.41) is 6.49. The van der Waals surface area contributed by atoms with E-state index >= 15 is 0 Å². The molecule has 0 unspecified atom stereocenters. The molecule has 8 heteroatoms. The second kappa shape index (κ2) is 5.03. The lowest BCUT2D eigenvalue weighted by atomic mass is 9.88. The maximum absolute atomic E-state index is 12.8. The molecule has 2 aromatic heterocycles. The van der Waals surface area contributed by atoms with E-state index in [0.29, 0.717) is 17.7 Å². The number of pyridine rings is 1. The third kappa shape index (κ3) is 2.71. The molecule has 1 fully saturated rings. The monoisotopic (exact) mass is 295 g/mol. The van der Waals surface area contributed by atoms with Crippen LogP contribution in [0.25, 0.3) is 11.0 Å². The van der Waals surface area contributed by atoms with E-state index in [2.05, 4.69) is 20.6 Å². The quantitative estimate of drug-likeness (QED) is 0.886. The van der Waals surface area contributed by atoms with Crippen molar-refractivity contribution in [1.82, 2.24) is 19.9 Å². The first-order chi connectivity index (χ1) is 9.98. The van der Waals surface area contributed by atoms with E-state index in [-0.39, 0.29) is 30.4 Å². The molecule has 0 aliphatic heterocycles. The van der Waals surface area contributed by atoms with Gasteiger partial charge < -0.3 is 10.6 Å². The molecule has 1 aliphatic carbocycles.